The molecule has 3 aliphatic rings. The van der Waals surface area contributed by atoms with E-state index in [9.17, 15) is 9.50 Å². The van der Waals surface area contributed by atoms with E-state index in [1.165, 1.54) is 12.1 Å². The molecule has 7 nitrogen and oxygen atoms in total. The van der Waals surface area contributed by atoms with Gasteiger partial charge in [-0.05, 0) is 50.9 Å². The first-order chi connectivity index (χ1) is 17.4. The molecule has 2 bridgehead atoms. The Morgan fingerprint density at radius 1 is 1.06 bits per heavy atom. The van der Waals surface area contributed by atoms with Crippen LogP contribution in [0.4, 0.5) is 14.6 Å². The van der Waals surface area contributed by atoms with Crippen molar-refractivity contribution in [1.82, 2.24) is 20.2 Å². The molecule has 36 heavy (non-hydrogen) atoms. The van der Waals surface area contributed by atoms with Crippen LogP contribution in [0.25, 0.3) is 22.0 Å². The summed E-state index contributed by atoms with van der Waals surface area (Å²) in [5.41, 5.74) is -0.522. The van der Waals surface area contributed by atoms with Crippen molar-refractivity contribution in [2.75, 3.05) is 38.1 Å². The van der Waals surface area contributed by atoms with Gasteiger partial charge in [0.2, 0.25) is 0 Å². The fourth-order valence-corrected chi connectivity index (χ4v) is 5.95. The lowest BCUT2D eigenvalue weighted by Gasteiger charge is -2.34. The van der Waals surface area contributed by atoms with Gasteiger partial charge in [-0.15, -0.1) is 0 Å². The van der Waals surface area contributed by atoms with Crippen LogP contribution >= 0.6 is 11.6 Å². The molecule has 3 saturated heterocycles. The van der Waals surface area contributed by atoms with E-state index in [1.807, 2.05) is 0 Å². The van der Waals surface area contributed by atoms with Gasteiger partial charge in [0.15, 0.2) is 5.82 Å². The molecule has 3 aliphatic heterocycles. The number of ether oxygens (including phenoxy) is 1. The number of hydrogen-bond donors (Lipinski definition) is 2. The van der Waals surface area contributed by atoms with Crippen LogP contribution in [0.2, 0.25) is 5.02 Å². The van der Waals surface area contributed by atoms with Gasteiger partial charge in [0.25, 0.3) is 0 Å². The van der Waals surface area contributed by atoms with Crippen LogP contribution in [0.15, 0.2) is 24.3 Å². The third-order valence-electron chi connectivity index (χ3n) is 7.54. The summed E-state index contributed by atoms with van der Waals surface area (Å²) in [6, 6.07) is 6.15. The van der Waals surface area contributed by atoms with Crippen LogP contribution in [0.1, 0.15) is 25.7 Å². The molecule has 0 spiro atoms. The quantitative estimate of drug-likeness (QED) is 0.535. The van der Waals surface area contributed by atoms with E-state index in [2.05, 4.69) is 27.1 Å². The van der Waals surface area contributed by atoms with Crippen molar-refractivity contribution in [3.05, 3.63) is 40.9 Å². The Morgan fingerprint density at radius 2 is 1.78 bits per heavy atom. The Kier molecular flexibility index (Phi) is 6.09. The van der Waals surface area contributed by atoms with Gasteiger partial charge in [-0.3, -0.25) is 0 Å². The number of aromatic hydroxyl groups is 1. The standard InChI is InChI=1S/C26H28ClF2N5O2/c1-33-9-7-16(8-10-33)36-26-31-24-17(25(32-26)34-12-14-5-6-15(13-34)30-14)11-18(27)21(23(24)29)22-19(28)3-2-4-20(22)35/h2-4,11,14-16,30,35H,5-10,12-13H2,1H3. The maximum atomic E-state index is 16.2. The van der Waals surface area contributed by atoms with E-state index in [0.717, 1.165) is 57.9 Å². The SMILES string of the molecule is CN1CCC(Oc2nc(N3CC4CCC(C3)N4)c3cc(Cl)c(-c4c(O)cccc4F)c(F)c3n2)CC1. The lowest BCUT2D eigenvalue weighted by atomic mass is 10.0. The zero-order chi connectivity index (χ0) is 25.0. The maximum Gasteiger partial charge on any atom is 0.319 e. The van der Waals surface area contributed by atoms with Gasteiger partial charge in [-0.25, -0.2) is 8.78 Å². The zero-order valence-electron chi connectivity index (χ0n) is 20.0. The first kappa shape index (κ1) is 23.6. The minimum absolute atomic E-state index is 0.00383. The Morgan fingerprint density at radius 3 is 2.47 bits per heavy atom. The van der Waals surface area contributed by atoms with Crippen molar-refractivity contribution < 1.29 is 18.6 Å². The molecule has 0 saturated carbocycles. The number of hydrogen-bond acceptors (Lipinski definition) is 7. The fraction of sp³-hybridized carbons (Fsp3) is 0.462. The smallest absolute Gasteiger partial charge is 0.319 e. The summed E-state index contributed by atoms with van der Waals surface area (Å²) < 4.78 is 37.0. The second-order valence-corrected chi connectivity index (χ2v) is 10.5. The zero-order valence-corrected chi connectivity index (χ0v) is 20.7. The summed E-state index contributed by atoms with van der Waals surface area (Å²) in [6.07, 6.45) is 3.73. The number of benzene rings is 2. The third-order valence-corrected chi connectivity index (χ3v) is 7.84. The van der Waals surface area contributed by atoms with Gasteiger partial charge in [0, 0.05) is 49.2 Å². The summed E-state index contributed by atoms with van der Waals surface area (Å²) >= 11 is 6.54. The van der Waals surface area contributed by atoms with Crippen molar-refractivity contribution in [3.63, 3.8) is 0 Å². The van der Waals surface area contributed by atoms with Gasteiger partial charge in [0.05, 0.1) is 10.6 Å². The molecule has 0 aliphatic carbocycles. The molecule has 190 valence electrons. The van der Waals surface area contributed by atoms with Crippen LogP contribution in [0.3, 0.4) is 0 Å². The molecule has 0 amide bonds. The number of piperidine rings is 1. The predicted molar refractivity (Wildman–Crippen MR) is 135 cm³/mol. The highest BCUT2D eigenvalue weighted by atomic mass is 35.5. The molecule has 4 heterocycles. The first-order valence-electron chi connectivity index (χ1n) is 12.4. The number of phenols is 1. The molecule has 6 rings (SSSR count). The molecule has 2 N–H and O–H groups in total. The van der Waals surface area contributed by atoms with E-state index in [4.69, 9.17) is 21.3 Å². The van der Waals surface area contributed by atoms with Crippen LogP contribution in [-0.4, -0.2) is 71.4 Å². The Bertz CT molecular complexity index is 1290. The second kappa shape index (κ2) is 9.28. The average molecular weight is 516 g/mol. The summed E-state index contributed by atoms with van der Waals surface area (Å²) in [5.74, 6) is -1.42. The van der Waals surface area contributed by atoms with Crippen molar-refractivity contribution in [2.24, 2.45) is 0 Å². The monoisotopic (exact) mass is 515 g/mol. The molecule has 0 radical (unpaired) electrons. The number of piperazine rings is 1. The summed E-state index contributed by atoms with van der Waals surface area (Å²) in [7, 11) is 2.07. The summed E-state index contributed by atoms with van der Waals surface area (Å²) in [6.45, 7) is 3.25. The molecular formula is C26H28ClF2N5O2. The number of likely N-dealkylation sites (tertiary alicyclic amines) is 1. The maximum absolute atomic E-state index is 16.2. The number of nitrogens with zero attached hydrogens (tertiary/aromatic N) is 4. The number of halogens is 3. The Balaban J connectivity index is 1.50. The highest BCUT2D eigenvalue weighted by Gasteiger charge is 2.35. The minimum Gasteiger partial charge on any atom is -0.507 e. The highest BCUT2D eigenvalue weighted by Crippen LogP contribution is 2.43. The average Bonchev–Trinajstić information content (AvgIpc) is 3.19. The van der Waals surface area contributed by atoms with Crippen LogP contribution < -0.4 is 15.0 Å². The highest BCUT2D eigenvalue weighted by molar-refractivity contribution is 6.34. The number of fused-ring (bicyclic) bond motifs is 3. The number of rotatable bonds is 4. The topological polar surface area (TPSA) is 73.8 Å². The Hall–Kier alpha value is -2.75. The van der Waals surface area contributed by atoms with Gasteiger partial charge in [0.1, 0.15) is 29.0 Å². The number of phenolic OH excluding ortho intramolecular Hbond substituents is 1. The van der Waals surface area contributed by atoms with Crippen LogP contribution in [0, 0.1) is 11.6 Å². The molecule has 10 heteroatoms. The predicted octanol–water partition coefficient (Wildman–Crippen LogP) is 4.35. The fourth-order valence-electron chi connectivity index (χ4n) is 5.66. The molecule has 1 aromatic heterocycles. The minimum atomic E-state index is -0.812. The van der Waals surface area contributed by atoms with E-state index in [-0.39, 0.29) is 33.8 Å². The summed E-state index contributed by atoms with van der Waals surface area (Å²) in [4.78, 5) is 13.6. The molecule has 2 unspecified atom stereocenters. The van der Waals surface area contributed by atoms with Crippen molar-refractivity contribution in [2.45, 2.75) is 43.9 Å². The van der Waals surface area contributed by atoms with Crippen LogP contribution in [0.5, 0.6) is 11.8 Å². The molecular weight excluding hydrogens is 488 g/mol. The van der Waals surface area contributed by atoms with E-state index < -0.39 is 17.4 Å². The van der Waals surface area contributed by atoms with Gasteiger partial charge >= 0.3 is 6.01 Å². The van der Waals surface area contributed by atoms with Crippen molar-refractivity contribution in [1.29, 1.82) is 0 Å². The molecule has 3 aromatic rings. The molecule has 2 aromatic carbocycles. The normalized spacial score (nSPS) is 22.9. The van der Waals surface area contributed by atoms with Gasteiger partial charge in [-0.1, -0.05) is 17.7 Å². The number of anilines is 1. The molecule has 2 atom stereocenters. The van der Waals surface area contributed by atoms with E-state index >= 15 is 4.39 Å². The van der Waals surface area contributed by atoms with Gasteiger partial charge in [-0.2, -0.15) is 9.97 Å². The summed E-state index contributed by atoms with van der Waals surface area (Å²) in [5, 5.41) is 14.4. The van der Waals surface area contributed by atoms with Gasteiger partial charge < -0.3 is 25.0 Å². The largest absolute Gasteiger partial charge is 0.507 e. The lowest BCUT2D eigenvalue weighted by Crippen LogP contribution is -2.51. The first-order valence-corrected chi connectivity index (χ1v) is 12.8. The molecule has 3 fully saturated rings. The second-order valence-electron chi connectivity index (χ2n) is 10.1. The number of nitrogens with one attached hydrogen (secondary N) is 1. The third kappa shape index (κ3) is 4.23. The van der Waals surface area contributed by atoms with E-state index in [1.54, 1.807) is 6.07 Å². The van der Waals surface area contributed by atoms with Crippen molar-refractivity contribution >= 4 is 28.3 Å². The number of aromatic nitrogens is 2. The van der Waals surface area contributed by atoms with E-state index in [0.29, 0.717) is 23.3 Å². The van der Waals surface area contributed by atoms with Crippen LogP contribution in [-0.2, 0) is 0 Å². The Labute approximate surface area is 213 Å². The van der Waals surface area contributed by atoms with Crippen molar-refractivity contribution in [3.8, 4) is 22.9 Å². The lowest BCUT2D eigenvalue weighted by molar-refractivity contribution is 0.105.